The Morgan fingerprint density at radius 1 is 1.60 bits per heavy atom. The SMILES string of the molecule is COC[C@@H]1COC[C@@H]1N.Cl. The van der Waals surface area contributed by atoms with Crippen LogP contribution in [0.25, 0.3) is 0 Å². The lowest BCUT2D eigenvalue weighted by Gasteiger charge is -2.10. The van der Waals surface area contributed by atoms with Gasteiger partial charge in [0.15, 0.2) is 0 Å². The molecule has 1 saturated heterocycles. The van der Waals surface area contributed by atoms with Gasteiger partial charge in [-0.25, -0.2) is 0 Å². The van der Waals surface area contributed by atoms with Crippen molar-refractivity contribution in [1.82, 2.24) is 0 Å². The minimum Gasteiger partial charge on any atom is -0.384 e. The maximum absolute atomic E-state index is 5.66. The monoisotopic (exact) mass is 167 g/mol. The minimum absolute atomic E-state index is 0. The van der Waals surface area contributed by atoms with E-state index in [-0.39, 0.29) is 18.4 Å². The van der Waals surface area contributed by atoms with Gasteiger partial charge in [0.25, 0.3) is 0 Å². The normalized spacial score (nSPS) is 31.8. The summed E-state index contributed by atoms with van der Waals surface area (Å²) in [7, 11) is 1.69. The van der Waals surface area contributed by atoms with Crippen molar-refractivity contribution in [3.05, 3.63) is 0 Å². The van der Waals surface area contributed by atoms with Crippen LogP contribution in [0.15, 0.2) is 0 Å². The number of hydrogen-bond donors (Lipinski definition) is 1. The molecule has 0 spiro atoms. The molecule has 0 unspecified atom stereocenters. The molecule has 0 aliphatic carbocycles. The number of nitrogens with two attached hydrogens (primary N) is 1. The van der Waals surface area contributed by atoms with E-state index in [1.165, 1.54) is 0 Å². The van der Waals surface area contributed by atoms with Crippen molar-refractivity contribution < 1.29 is 9.47 Å². The van der Waals surface area contributed by atoms with Gasteiger partial charge < -0.3 is 15.2 Å². The third kappa shape index (κ3) is 2.42. The van der Waals surface area contributed by atoms with Gasteiger partial charge in [-0.2, -0.15) is 0 Å². The first-order valence-corrected chi connectivity index (χ1v) is 3.17. The van der Waals surface area contributed by atoms with Crippen LogP contribution in [0, 0.1) is 5.92 Å². The topological polar surface area (TPSA) is 44.5 Å². The van der Waals surface area contributed by atoms with Crippen molar-refractivity contribution in [2.75, 3.05) is 26.9 Å². The average Bonchev–Trinajstić information content (AvgIpc) is 2.18. The van der Waals surface area contributed by atoms with Crippen molar-refractivity contribution in [2.45, 2.75) is 6.04 Å². The van der Waals surface area contributed by atoms with Gasteiger partial charge in [0, 0.05) is 19.1 Å². The highest BCUT2D eigenvalue weighted by molar-refractivity contribution is 5.85. The van der Waals surface area contributed by atoms with Gasteiger partial charge in [-0.3, -0.25) is 0 Å². The van der Waals surface area contributed by atoms with E-state index in [1.54, 1.807) is 7.11 Å². The van der Waals surface area contributed by atoms with E-state index in [9.17, 15) is 0 Å². The van der Waals surface area contributed by atoms with Crippen LogP contribution in [-0.2, 0) is 9.47 Å². The van der Waals surface area contributed by atoms with Crippen LogP contribution in [0.5, 0.6) is 0 Å². The highest BCUT2D eigenvalue weighted by Gasteiger charge is 2.23. The van der Waals surface area contributed by atoms with Crippen molar-refractivity contribution >= 4 is 12.4 Å². The molecule has 0 saturated carbocycles. The summed E-state index contributed by atoms with van der Waals surface area (Å²) in [4.78, 5) is 0. The van der Waals surface area contributed by atoms with Gasteiger partial charge in [0.2, 0.25) is 0 Å². The Morgan fingerprint density at radius 2 is 2.30 bits per heavy atom. The quantitative estimate of drug-likeness (QED) is 0.631. The summed E-state index contributed by atoms with van der Waals surface area (Å²) >= 11 is 0. The van der Waals surface area contributed by atoms with Crippen molar-refractivity contribution in [1.29, 1.82) is 0 Å². The summed E-state index contributed by atoms with van der Waals surface area (Å²) in [6.07, 6.45) is 0. The zero-order valence-electron chi connectivity index (χ0n) is 6.08. The van der Waals surface area contributed by atoms with Crippen LogP contribution >= 0.6 is 12.4 Å². The first kappa shape index (κ1) is 10.2. The number of halogens is 1. The lowest BCUT2D eigenvalue weighted by Crippen LogP contribution is -2.31. The summed E-state index contributed by atoms with van der Waals surface area (Å²) in [5.41, 5.74) is 5.66. The van der Waals surface area contributed by atoms with Crippen LogP contribution in [0.1, 0.15) is 0 Å². The average molecular weight is 168 g/mol. The van der Waals surface area contributed by atoms with E-state index in [0.29, 0.717) is 12.5 Å². The minimum atomic E-state index is 0. The molecule has 0 radical (unpaired) electrons. The predicted molar refractivity (Wildman–Crippen MR) is 41.4 cm³/mol. The largest absolute Gasteiger partial charge is 0.384 e. The summed E-state index contributed by atoms with van der Waals surface area (Å²) in [6, 6.07) is 0.185. The third-order valence-electron chi connectivity index (χ3n) is 1.63. The van der Waals surface area contributed by atoms with E-state index in [4.69, 9.17) is 15.2 Å². The Bertz CT molecular complexity index is 91.8. The molecule has 1 aliphatic rings. The van der Waals surface area contributed by atoms with Crippen molar-refractivity contribution in [3.8, 4) is 0 Å². The van der Waals surface area contributed by atoms with Gasteiger partial charge in [0.05, 0.1) is 19.8 Å². The van der Waals surface area contributed by atoms with Gasteiger partial charge >= 0.3 is 0 Å². The molecule has 2 N–H and O–H groups in total. The fourth-order valence-corrected chi connectivity index (χ4v) is 1.00. The molecule has 3 nitrogen and oxygen atoms in total. The molecule has 4 heteroatoms. The zero-order valence-corrected chi connectivity index (χ0v) is 6.89. The second-order valence-electron chi connectivity index (χ2n) is 2.42. The number of methoxy groups -OCH3 is 1. The molecule has 0 bridgehead atoms. The summed E-state index contributed by atoms with van der Waals surface area (Å²) in [6.45, 7) is 2.17. The standard InChI is InChI=1S/C6H13NO2.ClH/c1-8-2-5-3-9-4-6(5)7;/h5-6H,2-4,7H2,1H3;1H/t5-,6+;/m1./s1. The molecule has 10 heavy (non-hydrogen) atoms. The second-order valence-corrected chi connectivity index (χ2v) is 2.42. The Labute approximate surface area is 67.3 Å². The van der Waals surface area contributed by atoms with E-state index in [0.717, 1.165) is 13.2 Å². The van der Waals surface area contributed by atoms with Crippen LogP contribution in [0.2, 0.25) is 0 Å². The zero-order chi connectivity index (χ0) is 6.69. The smallest absolute Gasteiger partial charge is 0.0622 e. The Balaban J connectivity index is 0.000000810. The molecule has 0 aromatic heterocycles. The maximum Gasteiger partial charge on any atom is 0.0622 e. The fourth-order valence-electron chi connectivity index (χ4n) is 1.00. The molecular weight excluding hydrogens is 154 g/mol. The van der Waals surface area contributed by atoms with Crippen LogP contribution in [0.3, 0.4) is 0 Å². The van der Waals surface area contributed by atoms with Crippen molar-refractivity contribution in [2.24, 2.45) is 11.7 Å². The highest BCUT2D eigenvalue weighted by atomic mass is 35.5. The van der Waals surface area contributed by atoms with Gasteiger partial charge in [-0.15, -0.1) is 12.4 Å². The van der Waals surface area contributed by atoms with Crippen LogP contribution < -0.4 is 5.73 Å². The molecule has 1 aliphatic heterocycles. The molecule has 2 atom stereocenters. The van der Waals surface area contributed by atoms with Gasteiger partial charge in [-0.1, -0.05) is 0 Å². The number of ether oxygens (including phenoxy) is 2. The van der Waals surface area contributed by atoms with E-state index in [1.807, 2.05) is 0 Å². The van der Waals surface area contributed by atoms with Crippen molar-refractivity contribution in [3.63, 3.8) is 0 Å². The van der Waals surface area contributed by atoms with E-state index < -0.39 is 0 Å². The highest BCUT2D eigenvalue weighted by Crippen LogP contribution is 2.10. The van der Waals surface area contributed by atoms with Crippen LogP contribution in [0.4, 0.5) is 0 Å². The van der Waals surface area contributed by atoms with Crippen LogP contribution in [-0.4, -0.2) is 33.0 Å². The first-order chi connectivity index (χ1) is 4.34. The van der Waals surface area contributed by atoms with Gasteiger partial charge in [-0.05, 0) is 0 Å². The summed E-state index contributed by atoms with van der Waals surface area (Å²) < 4.78 is 10.1. The molecule has 0 aromatic carbocycles. The maximum atomic E-state index is 5.66. The number of rotatable bonds is 2. The lowest BCUT2D eigenvalue weighted by atomic mass is 10.1. The Hall–Kier alpha value is 0.170. The Morgan fingerprint density at radius 3 is 2.70 bits per heavy atom. The Kier molecular flexibility index (Phi) is 4.99. The fraction of sp³-hybridized carbons (Fsp3) is 1.00. The molecule has 62 valence electrons. The molecule has 1 heterocycles. The third-order valence-corrected chi connectivity index (χ3v) is 1.63. The first-order valence-electron chi connectivity index (χ1n) is 3.17. The lowest BCUT2D eigenvalue weighted by molar-refractivity contribution is 0.128. The molecule has 1 rings (SSSR count). The molecular formula is C6H14ClNO2. The molecule has 1 fully saturated rings. The van der Waals surface area contributed by atoms with Gasteiger partial charge in [0.1, 0.15) is 0 Å². The summed E-state index contributed by atoms with van der Waals surface area (Å²) in [5.74, 6) is 0.412. The second kappa shape index (κ2) is 4.91. The molecule has 0 aromatic rings. The van der Waals surface area contributed by atoms with E-state index in [2.05, 4.69) is 0 Å². The predicted octanol–water partition coefficient (Wildman–Crippen LogP) is 0.0283. The number of hydrogen-bond acceptors (Lipinski definition) is 3. The summed E-state index contributed by atoms with van der Waals surface area (Å²) in [5, 5.41) is 0. The molecule has 0 amide bonds. The van der Waals surface area contributed by atoms with E-state index >= 15 is 0 Å².